The number of hydrogen-bond acceptors (Lipinski definition) is 2. The number of aliphatic hydroxyl groups is 1. The van der Waals surface area contributed by atoms with Gasteiger partial charge in [-0.05, 0) is 5.56 Å². The lowest BCUT2D eigenvalue weighted by Gasteiger charge is -2.15. The lowest BCUT2D eigenvalue weighted by Crippen LogP contribution is -2.30. The smallest absolute Gasteiger partial charge is 0.279 e. The number of aliphatic hydroxyl groups excluding tert-OH is 1. The summed E-state index contributed by atoms with van der Waals surface area (Å²) in [6.45, 7) is 2.59. The molecule has 0 aromatic heterocycles. The average Bonchev–Trinajstić information content (AvgIpc) is 2.26. The van der Waals surface area contributed by atoms with Gasteiger partial charge in [0, 0.05) is 0 Å². The van der Waals surface area contributed by atoms with Crippen molar-refractivity contribution in [2.75, 3.05) is 6.61 Å². The lowest BCUT2D eigenvalue weighted by molar-refractivity contribution is -0.119. The normalized spacial score (nSPS) is 11.9. The Bertz CT molecular complexity index is 351. The quantitative estimate of drug-likeness (QED) is 0.735. The molecule has 0 fully saturated rings. The third-order valence-corrected chi connectivity index (χ3v) is 1.94. The molecule has 1 aromatic carbocycles. The van der Waals surface area contributed by atoms with Crippen molar-refractivity contribution in [2.45, 2.75) is 6.04 Å². The van der Waals surface area contributed by atoms with Crippen LogP contribution in [0.4, 0.5) is 4.39 Å². The summed E-state index contributed by atoms with van der Waals surface area (Å²) in [7, 11) is 0. The second-order valence-electron chi connectivity index (χ2n) is 3.02. The first-order valence-electron chi connectivity index (χ1n) is 4.46. The monoisotopic (exact) mass is 209 g/mol. The number of benzene rings is 1. The van der Waals surface area contributed by atoms with Crippen LogP contribution in [0, 0.1) is 0 Å². The Morgan fingerprint density at radius 2 is 2.07 bits per heavy atom. The van der Waals surface area contributed by atoms with Gasteiger partial charge in [-0.1, -0.05) is 36.9 Å². The number of halogens is 1. The highest BCUT2D eigenvalue weighted by molar-refractivity contribution is 5.90. The molecule has 0 heterocycles. The van der Waals surface area contributed by atoms with E-state index in [1.165, 1.54) is 0 Å². The van der Waals surface area contributed by atoms with Crippen LogP contribution in [0.25, 0.3) is 0 Å². The molecule has 3 nitrogen and oxygen atoms in total. The van der Waals surface area contributed by atoms with E-state index in [-0.39, 0.29) is 6.61 Å². The first-order chi connectivity index (χ1) is 7.15. The van der Waals surface area contributed by atoms with E-state index in [9.17, 15) is 9.18 Å². The maximum Gasteiger partial charge on any atom is 0.279 e. The zero-order chi connectivity index (χ0) is 11.3. The van der Waals surface area contributed by atoms with Crippen LogP contribution in [0.1, 0.15) is 11.6 Å². The molecule has 0 aliphatic carbocycles. The highest BCUT2D eigenvalue weighted by Gasteiger charge is 2.14. The number of nitrogens with one attached hydrogen (secondary N) is 1. The van der Waals surface area contributed by atoms with Gasteiger partial charge in [-0.25, -0.2) is 4.39 Å². The van der Waals surface area contributed by atoms with Crippen LogP contribution in [0.5, 0.6) is 0 Å². The summed E-state index contributed by atoms with van der Waals surface area (Å²) in [6.07, 6.45) is 0. The molecule has 15 heavy (non-hydrogen) atoms. The third kappa shape index (κ3) is 3.18. The third-order valence-electron chi connectivity index (χ3n) is 1.94. The van der Waals surface area contributed by atoms with Crippen molar-refractivity contribution >= 4 is 5.91 Å². The van der Waals surface area contributed by atoms with Gasteiger partial charge >= 0.3 is 0 Å². The van der Waals surface area contributed by atoms with Gasteiger partial charge in [0.05, 0.1) is 12.6 Å². The highest BCUT2D eigenvalue weighted by Crippen LogP contribution is 2.12. The molecule has 0 radical (unpaired) electrons. The summed E-state index contributed by atoms with van der Waals surface area (Å²) in [5, 5.41) is 11.4. The SMILES string of the molecule is C=C(F)C(=O)N[C@H](CO)c1ccccc1. The maximum atomic E-state index is 12.4. The van der Waals surface area contributed by atoms with Crippen LogP contribution in [-0.4, -0.2) is 17.6 Å². The van der Waals surface area contributed by atoms with Crippen LogP contribution in [0.3, 0.4) is 0 Å². The zero-order valence-electron chi connectivity index (χ0n) is 8.11. The van der Waals surface area contributed by atoms with Gasteiger partial charge < -0.3 is 10.4 Å². The van der Waals surface area contributed by atoms with Gasteiger partial charge in [0.1, 0.15) is 0 Å². The van der Waals surface area contributed by atoms with Gasteiger partial charge in [-0.2, -0.15) is 0 Å². The van der Waals surface area contributed by atoms with E-state index < -0.39 is 17.8 Å². The first-order valence-corrected chi connectivity index (χ1v) is 4.46. The van der Waals surface area contributed by atoms with Crippen molar-refractivity contribution in [1.29, 1.82) is 0 Å². The summed E-state index contributed by atoms with van der Waals surface area (Å²) in [6, 6.07) is 8.23. The Morgan fingerprint density at radius 3 is 2.53 bits per heavy atom. The van der Waals surface area contributed by atoms with E-state index >= 15 is 0 Å². The Morgan fingerprint density at radius 1 is 1.47 bits per heavy atom. The van der Waals surface area contributed by atoms with E-state index in [4.69, 9.17) is 5.11 Å². The van der Waals surface area contributed by atoms with Crippen LogP contribution >= 0.6 is 0 Å². The summed E-state index contributed by atoms with van der Waals surface area (Å²) < 4.78 is 12.4. The second kappa shape index (κ2) is 5.26. The molecule has 0 unspecified atom stereocenters. The minimum atomic E-state index is -1.07. The predicted octanol–water partition coefficient (Wildman–Crippen LogP) is 1.32. The van der Waals surface area contributed by atoms with E-state index in [0.717, 1.165) is 5.56 Å². The molecule has 1 atom stereocenters. The molecule has 0 aliphatic heterocycles. The fourth-order valence-corrected chi connectivity index (χ4v) is 1.16. The Balaban J connectivity index is 2.73. The molecule has 0 saturated heterocycles. The van der Waals surface area contributed by atoms with E-state index in [2.05, 4.69) is 11.9 Å². The molecule has 0 spiro atoms. The van der Waals surface area contributed by atoms with E-state index in [1.807, 2.05) is 6.07 Å². The molecule has 0 saturated carbocycles. The van der Waals surface area contributed by atoms with Gasteiger partial charge in [-0.3, -0.25) is 4.79 Å². The van der Waals surface area contributed by atoms with Crippen molar-refractivity contribution in [3.63, 3.8) is 0 Å². The number of amides is 1. The molecule has 2 N–H and O–H groups in total. The Labute approximate surface area is 87.2 Å². The minimum absolute atomic E-state index is 0.289. The van der Waals surface area contributed by atoms with Crippen LogP contribution in [-0.2, 0) is 4.79 Å². The minimum Gasteiger partial charge on any atom is -0.394 e. The van der Waals surface area contributed by atoms with Gasteiger partial charge in [-0.15, -0.1) is 0 Å². The van der Waals surface area contributed by atoms with Crippen molar-refractivity contribution in [1.82, 2.24) is 5.32 Å². The fourth-order valence-electron chi connectivity index (χ4n) is 1.16. The van der Waals surface area contributed by atoms with Crippen LogP contribution in [0.2, 0.25) is 0 Å². The fraction of sp³-hybridized carbons (Fsp3) is 0.182. The molecule has 0 bridgehead atoms. The average molecular weight is 209 g/mol. The molecular formula is C11H12FNO2. The lowest BCUT2D eigenvalue weighted by atomic mass is 10.1. The van der Waals surface area contributed by atoms with Crippen molar-refractivity contribution in [3.05, 3.63) is 48.3 Å². The van der Waals surface area contributed by atoms with Crippen molar-refractivity contribution in [2.24, 2.45) is 0 Å². The predicted molar refractivity (Wildman–Crippen MR) is 54.7 cm³/mol. The topological polar surface area (TPSA) is 49.3 Å². The molecular weight excluding hydrogens is 197 g/mol. The van der Waals surface area contributed by atoms with Gasteiger partial charge in [0.25, 0.3) is 5.91 Å². The Kier molecular flexibility index (Phi) is 4.00. The number of carbonyl (C=O) groups excluding carboxylic acids is 1. The number of hydrogen-bond donors (Lipinski definition) is 2. The maximum absolute atomic E-state index is 12.4. The Hall–Kier alpha value is -1.68. The van der Waals surface area contributed by atoms with Crippen molar-refractivity contribution < 1.29 is 14.3 Å². The van der Waals surface area contributed by atoms with Gasteiger partial charge in [0.2, 0.25) is 0 Å². The molecule has 80 valence electrons. The van der Waals surface area contributed by atoms with E-state index in [0.29, 0.717) is 0 Å². The number of rotatable bonds is 4. The molecule has 1 aromatic rings. The molecule has 1 amide bonds. The summed E-state index contributed by atoms with van der Waals surface area (Å²) >= 11 is 0. The molecule has 1 rings (SSSR count). The first kappa shape index (κ1) is 11.4. The standard InChI is InChI=1S/C11H12FNO2/c1-8(12)11(15)13-10(7-14)9-5-3-2-4-6-9/h2-6,10,14H,1,7H2,(H,13,15)/t10-/m1/s1. The molecule has 4 heteroatoms. The van der Waals surface area contributed by atoms with Crippen LogP contribution < -0.4 is 5.32 Å². The summed E-state index contributed by atoms with van der Waals surface area (Å²) in [5.41, 5.74) is 0.717. The zero-order valence-corrected chi connectivity index (χ0v) is 8.11. The van der Waals surface area contributed by atoms with Crippen molar-refractivity contribution in [3.8, 4) is 0 Å². The highest BCUT2D eigenvalue weighted by atomic mass is 19.1. The number of carbonyl (C=O) groups is 1. The van der Waals surface area contributed by atoms with Crippen LogP contribution in [0.15, 0.2) is 42.7 Å². The van der Waals surface area contributed by atoms with Gasteiger partial charge in [0.15, 0.2) is 5.83 Å². The largest absolute Gasteiger partial charge is 0.394 e. The van der Waals surface area contributed by atoms with E-state index in [1.54, 1.807) is 24.3 Å². The molecule has 0 aliphatic rings. The summed E-state index contributed by atoms with van der Waals surface area (Å²) in [4.78, 5) is 11.0. The summed E-state index contributed by atoms with van der Waals surface area (Å²) in [5.74, 6) is -1.97. The second-order valence-corrected chi connectivity index (χ2v) is 3.02.